The van der Waals surface area contributed by atoms with E-state index >= 15 is 0 Å². The van der Waals surface area contributed by atoms with Crippen LogP contribution in [-0.2, 0) is 16.4 Å². The number of sulfonamides is 1. The second kappa shape index (κ2) is 11.0. The number of hydrogen-bond donors (Lipinski definition) is 4. The summed E-state index contributed by atoms with van der Waals surface area (Å²) in [5, 5.41) is 23.7. The molecule has 0 bridgehead atoms. The second-order valence-corrected chi connectivity index (χ2v) is 8.93. The van der Waals surface area contributed by atoms with Crippen molar-refractivity contribution in [1.82, 2.24) is 5.32 Å². The average molecular weight is 451 g/mol. The summed E-state index contributed by atoms with van der Waals surface area (Å²) in [6, 6.07) is 10.1. The van der Waals surface area contributed by atoms with Gasteiger partial charge in [-0.15, -0.1) is 6.58 Å². The zero-order chi connectivity index (χ0) is 23.0. The number of phenolic OH excluding ortho intramolecular Hbond substituents is 1. The first kappa shape index (κ1) is 24.5. The number of aliphatic hydroxyl groups is 1. The van der Waals surface area contributed by atoms with Gasteiger partial charge in [0.15, 0.2) is 11.5 Å². The van der Waals surface area contributed by atoms with Crippen molar-refractivity contribution in [3.63, 3.8) is 0 Å². The van der Waals surface area contributed by atoms with Crippen molar-refractivity contribution in [3.8, 4) is 17.2 Å². The number of anilines is 1. The standard InChI is InChI=1S/C22H30N2O6S/c1-5-6-18(16-8-10-21(29-2)22(13-16)30-3)23-14-17(25)11-15-7-9-20(26)19(12-15)24-31(4,27)28/h5,7-10,12-13,17-18,23-26H,1,6,11,14H2,2-4H3. The van der Waals surface area contributed by atoms with Crippen LogP contribution in [0.25, 0.3) is 0 Å². The molecule has 2 aromatic carbocycles. The number of phenols is 1. The van der Waals surface area contributed by atoms with E-state index in [0.717, 1.165) is 11.8 Å². The average Bonchev–Trinajstić information content (AvgIpc) is 2.72. The molecular weight excluding hydrogens is 420 g/mol. The summed E-state index contributed by atoms with van der Waals surface area (Å²) in [5.74, 6) is 1.07. The van der Waals surface area contributed by atoms with Gasteiger partial charge in [-0.2, -0.15) is 0 Å². The largest absolute Gasteiger partial charge is 0.506 e. The van der Waals surface area contributed by atoms with Crippen molar-refractivity contribution in [1.29, 1.82) is 0 Å². The second-order valence-electron chi connectivity index (χ2n) is 7.18. The summed E-state index contributed by atoms with van der Waals surface area (Å²) in [6.07, 6.45) is 2.99. The van der Waals surface area contributed by atoms with E-state index < -0.39 is 16.1 Å². The fraction of sp³-hybridized carbons (Fsp3) is 0.364. The van der Waals surface area contributed by atoms with Crippen LogP contribution in [0, 0.1) is 0 Å². The molecule has 0 aliphatic carbocycles. The van der Waals surface area contributed by atoms with Crippen molar-refractivity contribution < 1.29 is 28.1 Å². The van der Waals surface area contributed by atoms with Crippen LogP contribution in [0.15, 0.2) is 49.1 Å². The van der Waals surface area contributed by atoms with E-state index in [0.29, 0.717) is 30.0 Å². The highest BCUT2D eigenvalue weighted by molar-refractivity contribution is 7.92. The van der Waals surface area contributed by atoms with Crippen LogP contribution in [0.5, 0.6) is 17.2 Å². The minimum Gasteiger partial charge on any atom is -0.506 e. The molecule has 0 aromatic heterocycles. The third-order valence-corrected chi connectivity index (χ3v) is 5.23. The van der Waals surface area contributed by atoms with Gasteiger partial charge in [0.1, 0.15) is 5.75 Å². The summed E-state index contributed by atoms with van der Waals surface area (Å²) in [6.45, 7) is 4.10. The van der Waals surface area contributed by atoms with E-state index in [1.54, 1.807) is 26.4 Å². The first-order chi connectivity index (χ1) is 14.7. The molecule has 170 valence electrons. The lowest BCUT2D eigenvalue weighted by Gasteiger charge is -2.21. The molecule has 2 rings (SSSR count). The SMILES string of the molecule is C=CCC(NCC(O)Cc1ccc(O)c(NS(C)(=O)=O)c1)c1ccc(OC)c(OC)c1. The molecule has 0 amide bonds. The molecule has 0 fully saturated rings. The van der Waals surface area contributed by atoms with Gasteiger partial charge in [0.05, 0.1) is 32.3 Å². The number of methoxy groups -OCH3 is 2. The van der Waals surface area contributed by atoms with Crippen LogP contribution in [0.1, 0.15) is 23.6 Å². The van der Waals surface area contributed by atoms with Crippen LogP contribution in [0.4, 0.5) is 5.69 Å². The molecule has 2 aromatic rings. The van der Waals surface area contributed by atoms with Gasteiger partial charge in [-0.1, -0.05) is 18.2 Å². The van der Waals surface area contributed by atoms with E-state index in [1.165, 1.54) is 12.1 Å². The van der Waals surface area contributed by atoms with Gasteiger partial charge in [-0.3, -0.25) is 4.72 Å². The Morgan fingerprint density at radius 2 is 1.84 bits per heavy atom. The Hall–Kier alpha value is -2.75. The van der Waals surface area contributed by atoms with Crippen LogP contribution in [-0.4, -0.2) is 51.8 Å². The summed E-state index contributed by atoms with van der Waals surface area (Å²) < 4.78 is 35.8. The van der Waals surface area contributed by atoms with Crippen LogP contribution in [0.3, 0.4) is 0 Å². The smallest absolute Gasteiger partial charge is 0.229 e. The number of aromatic hydroxyl groups is 1. The Morgan fingerprint density at radius 3 is 2.45 bits per heavy atom. The van der Waals surface area contributed by atoms with E-state index in [9.17, 15) is 18.6 Å². The molecule has 0 saturated carbocycles. The first-order valence-corrected chi connectivity index (χ1v) is 11.6. The third kappa shape index (κ3) is 7.46. The van der Waals surface area contributed by atoms with E-state index in [-0.39, 0.29) is 23.9 Å². The zero-order valence-electron chi connectivity index (χ0n) is 18.0. The monoisotopic (exact) mass is 450 g/mol. The molecule has 2 unspecified atom stereocenters. The van der Waals surface area contributed by atoms with Gasteiger partial charge in [-0.05, 0) is 48.2 Å². The Bertz CT molecular complexity index is 993. The fourth-order valence-electron chi connectivity index (χ4n) is 3.19. The molecule has 0 saturated heterocycles. The number of nitrogens with one attached hydrogen (secondary N) is 2. The van der Waals surface area contributed by atoms with Gasteiger partial charge < -0.3 is 25.0 Å². The van der Waals surface area contributed by atoms with Crippen molar-refractivity contribution >= 4 is 15.7 Å². The molecule has 4 N–H and O–H groups in total. The fourth-order valence-corrected chi connectivity index (χ4v) is 3.75. The molecule has 9 heteroatoms. The van der Waals surface area contributed by atoms with Crippen LogP contribution >= 0.6 is 0 Å². The van der Waals surface area contributed by atoms with Gasteiger partial charge in [0.25, 0.3) is 0 Å². The van der Waals surface area contributed by atoms with Gasteiger partial charge >= 0.3 is 0 Å². The summed E-state index contributed by atoms with van der Waals surface area (Å²) in [5.41, 5.74) is 1.73. The highest BCUT2D eigenvalue weighted by atomic mass is 32.2. The maximum absolute atomic E-state index is 11.4. The number of rotatable bonds is 12. The summed E-state index contributed by atoms with van der Waals surface area (Å²) in [7, 11) is -0.375. The van der Waals surface area contributed by atoms with E-state index in [4.69, 9.17) is 9.47 Å². The molecule has 0 radical (unpaired) electrons. The molecule has 31 heavy (non-hydrogen) atoms. The van der Waals surface area contributed by atoms with E-state index in [1.807, 2.05) is 18.2 Å². The number of ether oxygens (including phenoxy) is 2. The Labute approximate surface area is 183 Å². The number of hydrogen-bond acceptors (Lipinski definition) is 7. The predicted molar refractivity (Wildman–Crippen MR) is 121 cm³/mol. The van der Waals surface area contributed by atoms with Crippen molar-refractivity contribution in [2.45, 2.75) is 25.0 Å². The van der Waals surface area contributed by atoms with Crippen LogP contribution < -0.4 is 19.5 Å². The molecule has 0 spiro atoms. The highest BCUT2D eigenvalue weighted by Crippen LogP contribution is 2.31. The third-order valence-electron chi connectivity index (χ3n) is 4.64. The number of aliphatic hydroxyl groups excluding tert-OH is 1. The molecule has 0 aliphatic heterocycles. The summed E-state index contributed by atoms with van der Waals surface area (Å²) in [4.78, 5) is 0. The van der Waals surface area contributed by atoms with Crippen LogP contribution in [0.2, 0.25) is 0 Å². The van der Waals surface area contributed by atoms with Crippen molar-refractivity contribution in [2.24, 2.45) is 0 Å². The maximum atomic E-state index is 11.4. The van der Waals surface area contributed by atoms with Gasteiger partial charge in [0, 0.05) is 12.6 Å². The zero-order valence-corrected chi connectivity index (χ0v) is 18.8. The van der Waals surface area contributed by atoms with Crippen molar-refractivity contribution in [2.75, 3.05) is 31.7 Å². The van der Waals surface area contributed by atoms with E-state index in [2.05, 4.69) is 16.6 Å². The molecule has 0 heterocycles. The molecule has 2 atom stereocenters. The van der Waals surface area contributed by atoms with Gasteiger partial charge in [0.2, 0.25) is 10.0 Å². The molecule has 0 aliphatic rings. The topological polar surface area (TPSA) is 117 Å². The van der Waals surface area contributed by atoms with Gasteiger partial charge in [-0.25, -0.2) is 8.42 Å². The van der Waals surface area contributed by atoms with Crippen molar-refractivity contribution in [3.05, 3.63) is 60.2 Å². The lowest BCUT2D eigenvalue weighted by atomic mass is 10.0. The first-order valence-electron chi connectivity index (χ1n) is 9.70. The lowest BCUT2D eigenvalue weighted by Crippen LogP contribution is -2.31. The Kier molecular flexibility index (Phi) is 8.73. The highest BCUT2D eigenvalue weighted by Gasteiger charge is 2.16. The quantitative estimate of drug-likeness (QED) is 0.290. The maximum Gasteiger partial charge on any atom is 0.229 e. The number of benzene rings is 2. The molecule has 8 nitrogen and oxygen atoms in total. The molecular formula is C22H30N2O6S. The Morgan fingerprint density at radius 1 is 1.13 bits per heavy atom. The minimum absolute atomic E-state index is 0.0787. The minimum atomic E-state index is -3.53. The Balaban J connectivity index is 2.06. The normalized spacial score (nSPS) is 13.3. The lowest BCUT2D eigenvalue weighted by molar-refractivity contribution is 0.167. The summed E-state index contributed by atoms with van der Waals surface area (Å²) >= 11 is 0. The predicted octanol–water partition coefficient (Wildman–Crippen LogP) is 2.59.